The maximum atomic E-state index is 8.94. The van der Waals surface area contributed by atoms with Crippen LogP contribution in [0.15, 0.2) is 24.5 Å². The summed E-state index contributed by atoms with van der Waals surface area (Å²) < 4.78 is 1.56. The molecule has 2 rings (SSSR count). The SMILES string of the molecule is Cc1ncn(-c2ccc(Cl)cc2C#N)n1. The molecule has 1 aromatic carbocycles. The van der Waals surface area contributed by atoms with Crippen LogP contribution in [0.1, 0.15) is 11.4 Å². The molecule has 0 aliphatic heterocycles. The Kier molecular flexibility index (Phi) is 2.40. The van der Waals surface area contributed by atoms with E-state index in [9.17, 15) is 0 Å². The second kappa shape index (κ2) is 3.71. The predicted molar refractivity (Wildman–Crippen MR) is 55.8 cm³/mol. The summed E-state index contributed by atoms with van der Waals surface area (Å²) >= 11 is 5.79. The predicted octanol–water partition coefficient (Wildman–Crippen LogP) is 2.10. The van der Waals surface area contributed by atoms with Crippen molar-refractivity contribution < 1.29 is 0 Å². The van der Waals surface area contributed by atoms with Gasteiger partial charge < -0.3 is 0 Å². The number of hydrogen-bond acceptors (Lipinski definition) is 3. The largest absolute Gasteiger partial charge is 0.220 e. The van der Waals surface area contributed by atoms with Crippen LogP contribution >= 0.6 is 11.6 Å². The molecule has 0 spiro atoms. The lowest BCUT2D eigenvalue weighted by atomic mass is 10.2. The van der Waals surface area contributed by atoms with Crippen molar-refractivity contribution in [2.45, 2.75) is 6.92 Å². The minimum atomic E-state index is 0.479. The third-order valence-corrected chi connectivity index (χ3v) is 2.17. The first-order valence-electron chi connectivity index (χ1n) is 4.29. The molecule has 0 amide bonds. The van der Waals surface area contributed by atoms with E-state index in [1.807, 2.05) is 0 Å². The van der Waals surface area contributed by atoms with Crippen molar-refractivity contribution in [3.63, 3.8) is 0 Å². The van der Waals surface area contributed by atoms with Crippen molar-refractivity contribution in [3.8, 4) is 11.8 Å². The number of aromatic nitrogens is 3. The zero-order valence-corrected chi connectivity index (χ0v) is 8.73. The molecule has 0 aliphatic rings. The fourth-order valence-electron chi connectivity index (χ4n) is 1.26. The van der Waals surface area contributed by atoms with Crippen molar-refractivity contribution in [2.75, 3.05) is 0 Å². The Morgan fingerprint density at radius 2 is 2.27 bits per heavy atom. The molecule has 15 heavy (non-hydrogen) atoms. The Bertz CT molecular complexity index is 539. The molecule has 0 aliphatic carbocycles. The van der Waals surface area contributed by atoms with Crippen molar-refractivity contribution in [3.05, 3.63) is 40.9 Å². The number of nitrogens with zero attached hydrogens (tertiary/aromatic N) is 4. The molecule has 0 bridgehead atoms. The molecule has 1 heterocycles. The maximum Gasteiger partial charge on any atom is 0.147 e. The summed E-state index contributed by atoms with van der Waals surface area (Å²) in [5, 5.41) is 13.6. The van der Waals surface area contributed by atoms with Crippen LogP contribution in [0.25, 0.3) is 5.69 Å². The van der Waals surface area contributed by atoms with Gasteiger partial charge >= 0.3 is 0 Å². The van der Waals surface area contributed by atoms with Gasteiger partial charge in [-0.2, -0.15) is 10.4 Å². The number of benzene rings is 1. The Hall–Kier alpha value is -1.86. The molecule has 2 aromatic rings. The first-order valence-corrected chi connectivity index (χ1v) is 4.67. The van der Waals surface area contributed by atoms with Gasteiger partial charge in [-0.1, -0.05) is 11.6 Å². The van der Waals surface area contributed by atoms with E-state index in [1.165, 1.54) is 0 Å². The van der Waals surface area contributed by atoms with Gasteiger partial charge in [-0.05, 0) is 25.1 Å². The summed E-state index contributed by atoms with van der Waals surface area (Å²) in [6, 6.07) is 7.14. The van der Waals surface area contributed by atoms with Gasteiger partial charge in [0.25, 0.3) is 0 Å². The fourth-order valence-corrected chi connectivity index (χ4v) is 1.43. The Balaban J connectivity index is 2.58. The second-order valence-corrected chi connectivity index (χ2v) is 3.45. The van der Waals surface area contributed by atoms with Gasteiger partial charge in [-0.25, -0.2) is 9.67 Å². The van der Waals surface area contributed by atoms with Crippen molar-refractivity contribution in [1.29, 1.82) is 5.26 Å². The molecule has 0 N–H and O–H groups in total. The van der Waals surface area contributed by atoms with E-state index in [1.54, 1.807) is 36.1 Å². The molecule has 0 fully saturated rings. The van der Waals surface area contributed by atoms with Crippen LogP contribution in [0, 0.1) is 18.3 Å². The van der Waals surface area contributed by atoms with Crippen LogP contribution in [-0.2, 0) is 0 Å². The fraction of sp³-hybridized carbons (Fsp3) is 0.100. The van der Waals surface area contributed by atoms with Crippen molar-refractivity contribution in [1.82, 2.24) is 14.8 Å². The summed E-state index contributed by atoms with van der Waals surface area (Å²) in [6.45, 7) is 1.79. The highest BCUT2D eigenvalue weighted by atomic mass is 35.5. The third-order valence-electron chi connectivity index (χ3n) is 1.93. The number of nitriles is 1. The van der Waals surface area contributed by atoms with E-state index >= 15 is 0 Å². The van der Waals surface area contributed by atoms with E-state index in [2.05, 4.69) is 16.2 Å². The molecular formula is C10H7ClN4. The van der Waals surface area contributed by atoms with Crippen molar-refractivity contribution in [2.24, 2.45) is 0 Å². The Morgan fingerprint density at radius 1 is 1.47 bits per heavy atom. The van der Waals surface area contributed by atoms with Gasteiger partial charge in [0, 0.05) is 5.02 Å². The molecule has 74 valence electrons. The zero-order valence-electron chi connectivity index (χ0n) is 7.98. The highest BCUT2D eigenvalue weighted by molar-refractivity contribution is 6.30. The molecule has 0 saturated heterocycles. The minimum absolute atomic E-state index is 0.479. The Morgan fingerprint density at radius 3 is 2.87 bits per heavy atom. The summed E-state index contributed by atoms with van der Waals surface area (Å²) in [7, 11) is 0. The summed E-state index contributed by atoms with van der Waals surface area (Å²) in [5.74, 6) is 0.661. The standard InChI is InChI=1S/C10H7ClN4/c1-7-13-6-15(14-7)10-3-2-9(11)4-8(10)5-12/h2-4,6H,1H3. The molecule has 0 radical (unpaired) electrons. The molecule has 4 nitrogen and oxygen atoms in total. The normalized spacial score (nSPS) is 9.93. The van der Waals surface area contributed by atoms with Crippen LogP contribution in [0.4, 0.5) is 0 Å². The van der Waals surface area contributed by atoms with E-state index in [0.717, 1.165) is 0 Å². The molecule has 1 aromatic heterocycles. The van der Waals surface area contributed by atoms with E-state index in [-0.39, 0.29) is 0 Å². The zero-order chi connectivity index (χ0) is 10.8. The lowest BCUT2D eigenvalue weighted by Crippen LogP contribution is -1.98. The monoisotopic (exact) mass is 218 g/mol. The minimum Gasteiger partial charge on any atom is -0.220 e. The first kappa shape index (κ1) is 9.69. The molecule has 5 heteroatoms. The summed E-state index contributed by atoms with van der Waals surface area (Å²) in [5.41, 5.74) is 1.16. The van der Waals surface area contributed by atoms with Gasteiger partial charge in [-0.15, -0.1) is 0 Å². The van der Waals surface area contributed by atoms with Gasteiger partial charge in [0.2, 0.25) is 0 Å². The third kappa shape index (κ3) is 1.83. The van der Waals surface area contributed by atoms with E-state index in [0.29, 0.717) is 22.1 Å². The van der Waals surface area contributed by atoms with Crippen LogP contribution in [0.5, 0.6) is 0 Å². The van der Waals surface area contributed by atoms with Crippen LogP contribution < -0.4 is 0 Å². The summed E-state index contributed by atoms with van der Waals surface area (Å²) in [6.07, 6.45) is 1.57. The van der Waals surface area contributed by atoms with Crippen LogP contribution in [-0.4, -0.2) is 14.8 Å². The number of hydrogen-bond donors (Lipinski definition) is 0. The van der Waals surface area contributed by atoms with Gasteiger partial charge in [0.15, 0.2) is 0 Å². The maximum absolute atomic E-state index is 8.94. The summed E-state index contributed by atoms with van der Waals surface area (Å²) in [4.78, 5) is 4.00. The quantitative estimate of drug-likeness (QED) is 0.737. The van der Waals surface area contributed by atoms with Crippen LogP contribution in [0.2, 0.25) is 5.02 Å². The number of rotatable bonds is 1. The first-order chi connectivity index (χ1) is 7.20. The lowest BCUT2D eigenvalue weighted by Gasteiger charge is -2.02. The molecule has 0 atom stereocenters. The topological polar surface area (TPSA) is 54.5 Å². The van der Waals surface area contributed by atoms with Gasteiger partial charge in [0.05, 0.1) is 11.3 Å². The second-order valence-electron chi connectivity index (χ2n) is 3.01. The number of aryl methyl sites for hydroxylation is 1. The molecule has 0 saturated carbocycles. The molecule has 0 unspecified atom stereocenters. The molecular weight excluding hydrogens is 212 g/mol. The van der Waals surface area contributed by atoms with E-state index in [4.69, 9.17) is 16.9 Å². The average Bonchev–Trinajstić information content (AvgIpc) is 2.64. The van der Waals surface area contributed by atoms with E-state index < -0.39 is 0 Å². The Labute approximate surface area is 91.7 Å². The number of halogens is 1. The lowest BCUT2D eigenvalue weighted by molar-refractivity contribution is 0.860. The van der Waals surface area contributed by atoms with Gasteiger partial charge in [0.1, 0.15) is 18.2 Å². The highest BCUT2D eigenvalue weighted by Crippen LogP contribution is 2.18. The van der Waals surface area contributed by atoms with Gasteiger partial charge in [-0.3, -0.25) is 0 Å². The van der Waals surface area contributed by atoms with Crippen LogP contribution in [0.3, 0.4) is 0 Å². The average molecular weight is 219 g/mol. The smallest absolute Gasteiger partial charge is 0.147 e. The van der Waals surface area contributed by atoms with Crippen molar-refractivity contribution >= 4 is 11.6 Å². The highest BCUT2D eigenvalue weighted by Gasteiger charge is 2.06.